The van der Waals surface area contributed by atoms with Gasteiger partial charge in [0, 0.05) is 6.42 Å². The Labute approximate surface area is 71.2 Å². The van der Waals surface area contributed by atoms with E-state index >= 15 is 0 Å². The molecule has 0 saturated heterocycles. The van der Waals surface area contributed by atoms with Gasteiger partial charge in [-0.1, -0.05) is 18.2 Å². The molecule has 1 heterocycles. The maximum Gasteiger partial charge on any atom is 0.170 e. The van der Waals surface area contributed by atoms with E-state index in [1.807, 2.05) is 24.3 Å². The molecule has 1 aliphatic rings. The minimum atomic E-state index is -0.248. The largest absolute Gasteiger partial charge is 0.482 e. The molecule has 0 aromatic heterocycles. The number of Topliss-reactive ketones (excluding diaryl/α,β-unsaturated/α-hetero) is 1. The van der Waals surface area contributed by atoms with Gasteiger partial charge in [-0.15, -0.1) is 0 Å². The van der Waals surface area contributed by atoms with Crippen LogP contribution < -0.4 is 4.74 Å². The molecule has 1 aromatic rings. The molecular formula is C10H10O2. The Balaban J connectivity index is 2.27. The molecule has 1 aliphatic heterocycles. The Bertz CT molecular complexity index is 292. The Morgan fingerprint density at radius 3 is 2.92 bits per heavy atom. The van der Waals surface area contributed by atoms with Crippen LogP contribution >= 0.6 is 0 Å². The summed E-state index contributed by atoms with van der Waals surface area (Å²) in [5.74, 6) is 0.962. The standard InChI is InChI=1S/C10H10O2/c1-7(11)10-6-8-4-2-3-5-9(8)12-10/h2-5,10H,6H2,1H3/t10-/m0/s1. The van der Waals surface area contributed by atoms with Gasteiger partial charge in [0.25, 0.3) is 0 Å². The molecular weight excluding hydrogens is 152 g/mol. The van der Waals surface area contributed by atoms with Gasteiger partial charge in [-0.25, -0.2) is 0 Å². The molecule has 62 valence electrons. The van der Waals surface area contributed by atoms with E-state index in [0.29, 0.717) is 0 Å². The van der Waals surface area contributed by atoms with Crippen molar-refractivity contribution in [1.82, 2.24) is 0 Å². The van der Waals surface area contributed by atoms with Crippen LogP contribution in [-0.4, -0.2) is 11.9 Å². The molecule has 0 fully saturated rings. The average Bonchev–Trinajstić information content (AvgIpc) is 2.46. The summed E-state index contributed by atoms with van der Waals surface area (Å²) in [6.07, 6.45) is 0.480. The van der Waals surface area contributed by atoms with E-state index in [4.69, 9.17) is 4.74 Å². The topological polar surface area (TPSA) is 26.3 Å². The third kappa shape index (κ3) is 1.09. The number of hydrogen-bond acceptors (Lipinski definition) is 2. The van der Waals surface area contributed by atoms with Gasteiger partial charge in [0.2, 0.25) is 0 Å². The van der Waals surface area contributed by atoms with E-state index in [2.05, 4.69) is 0 Å². The van der Waals surface area contributed by atoms with Crippen LogP contribution in [0.25, 0.3) is 0 Å². The third-order valence-electron chi connectivity index (χ3n) is 2.10. The number of ether oxygens (including phenoxy) is 1. The first-order valence-electron chi connectivity index (χ1n) is 4.02. The first-order valence-corrected chi connectivity index (χ1v) is 4.02. The summed E-state index contributed by atoms with van der Waals surface area (Å²) in [7, 11) is 0. The Hall–Kier alpha value is -1.31. The number of hydrogen-bond donors (Lipinski definition) is 0. The van der Waals surface area contributed by atoms with Crippen molar-refractivity contribution < 1.29 is 9.53 Å². The predicted octanol–water partition coefficient (Wildman–Crippen LogP) is 1.58. The maximum absolute atomic E-state index is 11.0. The van der Waals surface area contributed by atoms with Crippen molar-refractivity contribution in [2.45, 2.75) is 19.4 Å². The first-order chi connectivity index (χ1) is 5.77. The highest BCUT2D eigenvalue weighted by Crippen LogP contribution is 2.28. The number of benzene rings is 1. The zero-order valence-corrected chi connectivity index (χ0v) is 6.91. The number of para-hydroxylation sites is 1. The van der Waals surface area contributed by atoms with Crippen molar-refractivity contribution in [3.63, 3.8) is 0 Å². The predicted molar refractivity (Wildman–Crippen MR) is 45.2 cm³/mol. The van der Waals surface area contributed by atoms with E-state index in [-0.39, 0.29) is 11.9 Å². The van der Waals surface area contributed by atoms with Gasteiger partial charge in [0.1, 0.15) is 5.75 Å². The van der Waals surface area contributed by atoms with Crippen LogP contribution in [-0.2, 0) is 11.2 Å². The lowest BCUT2D eigenvalue weighted by Crippen LogP contribution is -2.21. The van der Waals surface area contributed by atoms with Gasteiger partial charge in [0.15, 0.2) is 11.9 Å². The summed E-state index contributed by atoms with van der Waals surface area (Å²) in [4.78, 5) is 11.0. The molecule has 0 spiro atoms. The fourth-order valence-electron chi connectivity index (χ4n) is 1.41. The van der Waals surface area contributed by atoms with Crippen molar-refractivity contribution in [3.8, 4) is 5.75 Å². The smallest absolute Gasteiger partial charge is 0.170 e. The van der Waals surface area contributed by atoms with E-state index in [0.717, 1.165) is 17.7 Å². The first kappa shape index (κ1) is 7.35. The summed E-state index contributed by atoms with van der Waals surface area (Å²) < 4.78 is 5.42. The Morgan fingerprint density at radius 1 is 1.50 bits per heavy atom. The van der Waals surface area contributed by atoms with Crippen molar-refractivity contribution in [1.29, 1.82) is 0 Å². The van der Waals surface area contributed by atoms with Crippen molar-refractivity contribution in [2.24, 2.45) is 0 Å². The number of rotatable bonds is 1. The summed E-state index contributed by atoms with van der Waals surface area (Å²) in [5, 5.41) is 0. The second-order valence-corrected chi connectivity index (χ2v) is 3.03. The zero-order chi connectivity index (χ0) is 8.55. The normalized spacial score (nSPS) is 19.9. The lowest BCUT2D eigenvalue weighted by molar-refractivity contribution is -0.122. The second-order valence-electron chi connectivity index (χ2n) is 3.03. The van der Waals surface area contributed by atoms with Gasteiger partial charge < -0.3 is 4.74 Å². The monoisotopic (exact) mass is 162 g/mol. The van der Waals surface area contributed by atoms with Crippen molar-refractivity contribution in [2.75, 3.05) is 0 Å². The quantitative estimate of drug-likeness (QED) is 0.626. The van der Waals surface area contributed by atoms with Gasteiger partial charge in [-0.2, -0.15) is 0 Å². The van der Waals surface area contributed by atoms with E-state index < -0.39 is 0 Å². The molecule has 1 aromatic carbocycles. The lowest BCUT2D eigenvalue weighted by Gasteiger charge is -2.04. The maximum atomic E-state index is 11.0. The van der Waals surface area contributed by atoms with E-state index in [1.54, 1.807) is 6.92 Å². The van der Waals surface area contributed by atoms with Crippen LogP contribution in [0, 0.1) is 0 Å². The molecule has 1 atom stereocenters. The van der Waals surface area contributed by atoms with Crippen LogP contribution in [0.15, 0.2) is 24.3 Å². The molecule has 12 heavy (non-hydrogen) atoms. The van der Waals surface area contributed by atoms with Crippen LogP contribution in [0.2, 0.25) is 0 Å². The van der Waals surface area contributed by atoms with Crippen molar-refractivity contribution in [3.05, 3.63) is 29.8 Å². The average molecular weight is 162 g/mol. The molecule has 0 bridgehead atoms. The summed E-state index contributed by atoms with van der Waals surface area (Å²) in [6.45, 7) is 1.57. The number of ketones is 1. The van der Waals surface area contributed by atoms with Crippen LogP contribution in [0.3, 0.4) is 0 Å². The highest BCUT2D eigenvalue weighted by Gasteiger charge is 2.25. The summed E-state index contributed by atoms with van der Waals surface area (Å²) in [5.41, 5.74) is 1.14. The molecule has 0 radical (unpaired) electrons. The summed E-state index contributed by atoms with van der Waals surface area (Å²) in [6, 6.07) is 7.78. The Morgan fingerprint density at radius 2 is 2.25 bits per heavy atom. The fourth-order valence-corrected chi connectivity index (χ4v) is 1.41. The zero-order valence-electron chi connectivity index (χ0n) is 6.91. The highest BCUT2D eigenvalue weighted by atomic mass is 16.5. The number of carbonyl (C=O) groups is 1. The lowest BCUT2D eigenvalue weighted by atomic mass is 10.1. The molecule has 0 N–H and O–H groups in total. The molecule has 0 amide bonds. The van der Waals surface area contributed by atoms with Crippen LogP contribution in [0.4, 0.5) is 0 Å². The van der Waals surface area contributed by atoms with E-state index in [9.17, 15) is 4.79 Å². The number of carbonyl (C=O) groups excluding carboxylic acids is 1. The van der Waals surface area contributed by atoms with Gasteiger partial charge in [0.05, 0.1) is 0 Å². The summed E-state index contributed by atoms with van der Waals surface area (Å²) >= 11 is 0. The second kappa shape index (κ2) is 2.63. The fraction of sp³-hybridized carbons (Fsp3) is 0.300. The molecule has 2 nitrogen and oxygen atoms in total. The Kier molecular flexibility index (Phi) is 1.61. The van der Waals surface area contributed by atoms with Gasteiger partial charge in [-0.05, 0) is 18.6 Å². The van der Waals surface area contributed by atoms with Crippen LogP contribution in [0.1, 0.15) is 12.5 Å². The van der Waals surface area contributed by atoms with Crippen molar-refractivity contribution >= 4 is 5.78 Å². The van der Waals surface area contributed by atoms with Gasteiger partial charge >= 0.3 is 0 Å². The SMILES string of the molecule is CC(=O)[C@@H]1Cc2ccccc2O1. The van der Waals surface area contributed by atoms with Crippen LogP contribution in [0.5, 0.6) is 5.75 Å². The molecule has 0 aliphatic carbocycles. The number of fused-ring (bicyclic) bond motifs is 1. The minimum Gasteiger partial charge on any atom is -0.482 e. The van der Waals surface area contributed by atoms with E-state index in [1.165, 1.54) is 0 Å². The highest BCUT2D eigenvalue weighted by molar-refractivity contribution is 5.82. The van der Waals surface area contributed by atoms with Gasteiger partial charge in [-0.3, -0.25) is 4.79 Å². The molecule has 2 heteroatoms. The third-order valence-corrected chi connectivity index (χ3v) is 2.10. The minimum absolute atomic E-state index is 0.103. The molecule has 0 saturated carbocycles. The molecule has 0 unspecified atom stereocenters. The molecule has 2 rings (SSSR count).